The first-order valence-corrected chi connectivity index (χ1v) is 6.06. The molecule has 0 amide bonds. The molecule has 86 valence electrons. The van der Waals surface area contributed by atoms with E-state index in [1.807, 2.05) is 0 Å². The molecular weight excluding hydrogens is 182 g/mol. The van der Waals surface area contributed by atoms with E-state index >= 15 is 0 Å². The summed E-state index contributed by atoms with van der Waals surface area (Å²) in [5, 5.41) is 3.60. The molecule has 1 fully saturated rings. The second kappa shape index (κ2) is 4.18. The quantitative estimate of drug-likeness (QED) is 0.683. The Kier molecular flexibility index (Phi) is 3.51. The van der Waals surface area contributed by atoms with Crippen LogP contribution >= 0.6 is 0 Å². The van der Waals surface area contributed by atoms with Gasteiger partial charge in [-0.25, -0.2) is 0 Å². The molecule has 0 saturated heterocycles. The molecule has 1 unspecified atom stereocenters. The highest BCUT2D eigenvalue weighted by Gasteiger charge is 2.66. The van der Waals surface area contributed by atoms with Crippen molar-refractivity contribution < 1.29 is 0 Å². The summed E-state index contributed by atoms with van der Waals surface area (Å²) in [5.41, 5.74) is 0.852. The van der Waals surface area contributed by atoms with Crippen molar-refractivity contribution in [3.63, 3.8) is 0 Å². The summed E-state index contributed by atoms with van der Waals surface area (Å²) in [6, 6.07) is 0.500. The minimum atomic E-state index is 0.426. The van der Waals surface area contributed by atoms with Gasteiger partial charge in [0.15, 0.2) is 0 Å². The van der Waals surface area contributed by atoms with Crippen LogP contribution in [0.2, 0.25) is 0 Å². The van der Waals surface area contributed by atoms with Crippen LogP contribution in [0.15, 0.2) is 0 Å². The third-order valence-corrected chi connectivity index (χ3v) is 4.53. The summed E-state index contributed by atoms with van der Waals surface area (Å²) in [6.45, 7) is 12.7. The predicted octanol–water partition coefficient (Wildman–Crippen LogP) is 3.06. The largest absolute Gasteiger partial charge is 0.313 e. The van der Waals surface area contributed by atoms with Crippen molar-refractivity contribution in [1.82, 2.24) is 5.32 Å². The van der Waals surface area contributed by atoms with Gasteiger partial charge in [-0.15, -0.1) is 12.3 Å². The molecule has 0 aromatic heterocycles. The van der Waals surface area contributed by atoms with E-state index in [1.54, 1.807) is 0 Å². The van der Waals surface area contributed by atoms with Gasteiger partial charge in [-0.1, -0.05) is 34.6 Å². The second-order valence-corrected chi connectivity index (χ2v) is 5.89. The highest BCUT2D eigenvalue weighted by molar-refractivity contribution is 5.17. The van der Waals surface area contributed by atoms with Crippen LogP contribution in [0.4, 0.5) is 0 Å². The Balaban J connectivity index is 2.64. The van der Waals surface area contributed by atoms with Gasteiger partial charge >= 0.3 is 0 Å². The normalized spacial score (nSPS) is 24.5. The van der Waals surface area contributed by atoms with Crippen LogP contribution in [0.25, 0.3) is 0 Å². The minimum Gasteiger partial charge on any atom is -0.313 e. The van der Waals surface area contributed by atoms with Gasteiger partial charge in [0, 0.05) is 12.5 Å². The molecule has 0 aromatic carbocycles. The number of hydrogen-bond acceptors (Lipinski definition) is 1. The van der Waals surface area contributed by atoms with Crippen molar-refractivity contribution in [2.45, 2.75) is 53.5 Å². The fraction of sp³-hybridized carbons (Fsp3) is 0.857. The van der Waals surface area contributed by atoms with Gasteiger partial charge in [-0.05, 0) is 29.7 Å². The standard InChI is InChI=1S/C14H25N/c1-7-9-11(15-10-8-2)12-13(3,4)14(12,5)6/h1,11-12,15H,8-10H2,2-6H3. The SMILES string of the molecule is C#CCC(NCCC)C1C(C)(C)C1(C)C. The van der Waals surface area contributed by atoms with Crippen LogP contribution in [0.5, 0.6) is 0 Å². The van der Waals surface area contributed by atoms with Crippen molar-refractivity contribution in [3.8, 4) is 12.3 Å². The molecule has 0 aliphatic heterocycles. The molecule has 0 bridgehead atoms. The molecule has 0 spiro atoms. The van der Waals surface area contributed by atoms with E-state index in [0.29, 0.717) is 22.8 Å². The van der Waals surface area contributed by atoms with Crippen molar-refractivity contribution in [2.24, 2.45) is 16.7 Å². The van der Waals surface area contributed by atoms with Crippen LogP contribution in [0, 0.1) is 29.1 Å². The van der Waals surface area contributed by atoms with Crippen molar-refractivity contribution >= 4 is 0 Å². The van der Waals surface area contributed by atoms with Crippen molar-refractivity contribution in [3.05, 3.63) is 0 Å². The molecular formula is C14H25N. The smallest absolute Gasteiger partial charge is 0.0243 e. The lowest BCUT2D eigenvalue weighted by Crippen LogP contribution is -2.33. The molecule has 1 aliphatic carbocycles. The highest BCUT2D eigenvalue weighted by atomic mass is 15.0. The van der Waals surface area contributed by atoms with E-state index in [9.17, 15) is 0 Å². The number of rotatable bonds is 5. The second-order valence-electron chi connectivity index (χ2n) is 5.89. The van der Waals surface area contributed by atoms with E-state index in [-0.39, 0.29) is 0 Å². The van der Waals surface area contributed by atoms with Crippen LogP contribution in [-0.2, 0) is 0 Å². The molecule has 1 aliphatic rings. The van der Waals surface area contributed by atoms with Crippen molar-refractivity contribution in [1.29, 1.82) is 0 Å². The lowest BCUT2D eigenvalue weighted by atomic mass is 10.0. The summed E-state index contributed by atoms with van der Waals surface area (Å²) in [5.74, 6) is 3.53. The predicted molar refractivity (Wildman–Crippen MR) is 66.6 cm³/mol. The van der Waals surface area contributed by atoms with Gasteiger partial charge in [0.2, 0.25) is 0 Å². The molecule has 0 radical (unpaired) electrons. The first-order valence-electron chi connectivity index (χ1n) is 6.06. The summed E-state index contributed by atoms with van der Waals surface area (Å²) >= 11 is 0. The fourth-order valence-electron chi connectivity index (χ4n) is 3.02. The van der Waals surface area contributed by atoms with Gasteiger partial charge in [0.1, 0.15) is 0 Å². The molecule has 15 heavy (non-hydrogen) atoms. The molecule has 1 nitrogen and oxygen atoms in total. The highest BCUT2D eigenvalue weighted by Crippen LogP contribution is 2.69. The first-order chi connectivity index (χ1) is 6.89. The van der Waals surface area contributed by atoms with Crippen molar-refractivity contribution in [2.75, 3.05) is 6.54 Å². The zero-order valence-electron chi connectivity index (χ0n) is 10.9. The van der Waals surface area contributed by atoms with E-state index in [1.165, 1.54) is 6.42 Å². The number of hydrogen-bond donors (Lipinski definition) is 1. The molecule has 1 N–H and O–H groups in total. The average molecular weight is 207 g/mol. The third-order valence-electron chi connectivity index (χ3n) is 4.53. The van der Waals surface area contributed by atoms with Crippen LogP contribution in [0.3, 0.4) is 0 Å². The molecule has 0 heterocycles. The van der Waals surface area contributed by atoms with E-state index in [2.05, 4.69) is 45.9 Å². The topological polar surface area (TPSA) is 12.0 Å². The zero-order valence-corrected chi connectivity index (χ0v) is 10.9. The van der Waals surface area contributed by atoms with Crippen LogP contribution in [0.1, 0.15) is 47.5 Å². The van der Waals surface area contributed by atoms with Gasteiger partial charge in [0.05, 0.1) is 0 Å². The Morgan fingerprint density at radius 3 is 2.13 bits per heavy atom. The Bertz CT molecular complexity index is 243. The minimum absolute atomic E-state index is 0.426. The Morgan fingerprint density at radius 1 is 1.27 bits per heavy atom. The zero-order chi connectivity index (χ0) is 11.7. The monoisotopic (exact) mass is 207 g/mol. The van der Waals surface area contributed by atoms with Gasteiger partial charge in [-0.3, -0.25) is 0 Å². The van der Waals surface area contributed by atoms with Gasteiger partial charge in [-0.2, -0.15) is 0 Å². The lowest BCUT2D eigenvalue weighted by Gasteiger charge is -2.18. The third kappa shape index (κ3) is 2.06. The molecule has 0 aromatic rings. The average Bonchev–Trinajstić information content (AvgIpc) is 2.53. The number of terminal acetylenes is 1. The maximum absolute atomic E-state index is 5.45. The molecule has 1 rings (SSSR count). The summed E-state index contributed by atoms with van der Waals surface area (Å²) in [7, 11) is 0. The van der Waals surface area contributed by atoms with Crippen LogP contribution < -0.4 is 5.32 Å². The molecule has 1 atom stereocenters. The summed E-state index contributed by atoms with van der Waals surface area (Å²) in [6.07, 6.45) is 7.49. The van der Waals surface area contributed by atoms with E-state index < -0.39 is 0 Å². The summed E-state index contributed by atoms with van der Waals surface area (Å²) < 4.78 is 0. The maximum atomic E-state index is 5.45. The lowest BCUT2D eigenvalue weighted by molar-refractivity contribution is 0.404. The number of nitrogens with one attached hydrogen (secondary N) is 1. The van der Waals surface area contributed by atoms with Gasteiger partial charge < -0.3 is 5.32 Å². The first kappa shape index (κ1) is 12.6. The maximum Gasteiger partial charge on any atom is 0.0243 e. The molecule has 1 heteroatoms. The van der Waals surface area contributed by atoms with E-state index in [0.717, 1.165) is 13.0 Å². The summed E-state index contributed by atoms with van der Waals surface area (Å²) in [4.78, 5) is 0. The molecule has 1 saturated carbocycles. The fourth-order valence-corrected chi connectivity index (χ4v) is 3.02. The van der Waals surface area contributed by atoms with Crippen LogP contribution in [-0.4, -0.2) is 12.6 Å². The Hall–Kier alpha value is -0.480. The Labute approximate surface area is 95.0 Å². The van der Waals surface area contributed by atoms with E-state index in [4.69, 9.17) is 6.42 Å². The Morgan fingerprint density at radius 2 is 1.80 bits per heavy atom. The van der Waals surface area contributed by atoms with Gasteiger partial charge in [0.25, 0.3) is 0 Å².